The maximum Gasteiger partial charge on any atom is 0.320 e. The molecule has 1 rings (SSSR count). The molecule has 0 aromatic heterocycles. The van der Waals surface area contributed by atoms with Crippen LogP contribution in [0.1, 0.15) is 18.5 Å². The Morgan fingerprint density at radius 1 is 1.44 bits per heavy atom. The second kappa shape index (κ2) is 7.12. The molecule has 0 radical (unpaired) electrons. The molecule has 0 aliphatic heterocycles. The molecular formula is C13H17BrClNO2. The molecule has 0 fully saturated rings. The smallest absolute Gasteiger partial charge is 0.320 e. The van der Waals surface area contributed by atoms with Gasteiger partial charge in [-0.15, -0.1) is 0 Å². The Balaban J connectivity index is 2.63. The van der Waals surface area contributed by atoms with Crippen LogP contribution < -0.4 is 0 Å². The number of hydrogen-bond donors (Lipinski definition) is 0. The molecule has 0 saturated heterocycles. The Kier molecular flexibility index (Phi) is 6.12. The summed E-state index contributed by atoms with van der Waals surface area (Å²) in [6, 6.07) is 7.92. The summed E-state index contributed by atoms with van der Waals surface area (Å²) in [5.41, 5.74) is 1.16. The van der Waals surface area contributed by atoms with Crippen LogP contribution in [0.5, 0.6) is 0 Å². The Labute approximate surface area is 121 Å². The fourth-order valence-corrected chi connectivity index (χ4v) is 2.38. The van der Waals surface area contributed by atoms with Crippen molar-refractivity contribution in [3.05, 3.63) is 34.9 Å². The number of nitrogens with zero attached hydrogens (tertiary/aromatic N) is 1. The van der Waals surface area contributed by atoms with E-state index in [4.69, 9.17) is 11.6 Å². The number of alkyl halides is 1. The standard InChI is InChI=1S/C13H17BrClNO2/c1-9(10-4-6-11(15)7-5-10)16(2)8-12(14)13(17)18-3/h4-7,9,12H,8H2,1-3H3. The van der Waals surface area contributed by atoms with Crippen LogP contribution in [0, 0.1) is 0 Å². The van der Waals surface area contributed by atoms with Gasteiger partial charge in [0.15, 0.2) is 0 Å². The van der Waals surface area contributed by atoms with Crippen LogP contribution in [-0.4, -0.2) is 36.4 Å². The molecule has 0 N–H and O–H groups in total. The average Bonchev–Trinajstić information content (AvgIpc) is 2.37. The van der Waals surface area contributed by atoms with Crippen molar-refractivity contribution in [2.75, 3.05) is 20.7 Å². The zero-order chi connectivity index (χ0) is 13.7. The molecular weight excluding hydrogens is 318 g/mol. The summed E-state index contributed by atoms with van der Waals surface area (Å²) in [4.78, 5) is 13.1. The topological polar surface area (TPSA) is 29.5 Å². The number of rotatable bonds is 5. The molecule has 3 nitrogen and oxygen atoms in total. The van der Waals surface area contributed by atoms with Gasteiger partial charge in [-0.3, -0.25) is 9.69 Å². The van der Waals surface area contributed by atoms with Crippen LogP contribution in [-0.2, 0) is 9.53 Å². The van der Waals surface area contributed by atoms with Crippen LogP contribution in [0.2, 0.25) is 5.02 Å². The Bertz CT molecular complexity index is 396. The summed E-state index contributed by atoms with van der Waals surface area (Å²) < 4.78 is 4.68. The van der Waals surface area contributed by atoms with Gasteiger partial charge in [0, 0.05) is 17.6 Å². The second-order valence-corrected chi connectivity index (χ2v) is 5.70. The highest BCUT2D eigenvalue weighted by Crippen LogP contribution is 2.21. The van der Waals surface area contributed by atoms with Crippen molar-refractivity contribution in [2.45, 2.75) is 17.8 Å². The van der Waals surface area contributed by atoms with E-state index >= 15 is 0 Å². The number of methoxy groups -OCH3 is 1. The van der Waals surface area contributed by atoms with Gasteiger partial charge in [0.05, 0.1) is 7.11 Å². The highest BCUT2D eigenvalue weighted by Gasteiger charge is 2.20. The Morgan fingerprint density at radius 3 is 2.50 bits per heavy atom. The fraction of sp³-hybridized carbons (Fsp3) is 0.462. The molecule has 0 spiro atoms. The molecule has 0 amide bonds. The van der Waals surface area contributed by atoms with Crippen molar-refractivity contribution in [3.8, 4) is 0 Å². The lowest BCUT2D eigenvalue weighted by molar-refractivity contribution is -0.140. The van der Waals surface area contributed by atoms with Crippen molar-refractivity contribution in [1.29, 1.82) is 0 Å². The molecule has 0 aliphatic carbocycles. The molecule has 100 valence electrons. The van der Waals surface area contributed by atoms with Gasteiger partial charge in [-0.05, 0) is 31.7 Å². The summed E-state index contributed by atoms with van der Waals surface area (Å²) in [6.07, 6.45) is 0. The van der Waals surface area contributed by atoms with E-state index in [0.29, 0.717) is 6.54 Å². The predicted molar refractivity (Wildman–Crippen MR) is 77.2 cm³/mol. The van der Waals surface area contributed by atoms with Crippen molar-refractivity contribution >= 4 is 33.5 Å². The first-order chi connectivity index (χ1) is 8.45. The minimum Gasteiger partial charge on any atom is -0.468 e. The molecule has 5 heteroatoms. The molecule has 18 heavy (non-hydrogen) atoms. The van der Waals surface area contributed by atoms with Gasteiger partial charge in [-0.1, -0.05) is 39.7 Å². The number of carbonyl (C=O) groups is 1. The summed E-state index contributed by atoms with van der Waals surface area (Å²) in [7, 11) is 3.36. The van der Waals surface area contributed by atoms with Gasteiger partial charge < -0.3 is 4.74 Å². The Morgan fingerprint density at radius 2 is 2.00 bits per heavy atom. The molecule has 0 bridgehead atoms. The van der Waals surface area contributed by atoms with Crippen LogP contribution in [0.4, 0.5) is 0 Å². The van der Waals surface area contributed by atoms with E-state index in [1.54, 1.807) is 0 Å². The van der Waals surface area contributed by atoms with Crippen molar-refractivity contribution in [2.24, 2.45) is 0 Å². The third-order valence-electron chi connectivity index (χ3n) is 2.92. The first kappa shape index (κ1) is 15.5. The monoisotopic (exact) mass is 333 g/mol. The summed E-state index contributed by atoms with van der Waals surface area (Å²) in [5, 5.41) is 0.724. The normalized spacial score (nSPS) is 14.3. The lowest BCUT2D eigenvalue weighted by atomic mass is 10.1. The molecule has 1 aromatic rings. The van der Waals surface area contributed by atoms with E-state index in [2.05, 4.69) is 32.5 Å². The summed E-state index contributed by atoms with van der Waals surface area (Å²) >= 11 is 9.18. The van der Waals surface area contributed by atoms with Gasteiger partial charge in [0.2, 0.25) is 0 Å². The second-order valence-electron chi connectivity index (χ2n) is 4.16. The molecule has 1 aromatic carbocycles. The first-order valence-corrected chi connectivity index (χ1v) is 6.92. The lowest BCUT2D eigenvalue weighted by Crippen LogP contribution is -2.33. The van der Waals surface area contributed by atoms with Gasteiger partial charge in [-0.25, -0.2) is 0 Å². The summed E-state index contributed by atoms with van der Waals surface area (Å²) in [5.74, 6) is -0.259. The third-order valence-corrected chi connectivity index (χ3v) is 3.83. The van der Waals surface area contributed by atoms with Crippen molar-refractivity contribution < 1.29 is 9.53 Å². The number of ether oxygens (including phenoxy) is 1. The molecule has 0 aliphatic rings. The number of esters is 1. The zero-order valence-corrected chi connectivity index (χ0v) is 13.0. The largest absolute Gasteiger partial charge is 0.468 e. The summed E-state index contributed by atoms with van der Waals surface area (Å²) in [6.45, 7) is 2.66. The molecule has 2 unspecified atom stereocenters. The van der Waals surface area contributed by atoms with Crippen molar-refractivity contribution in [3.63, 3.8) is 0 Å². The van der Waals surface area contributed by atoms with Crippen LogP contribution >= 0.6 is 27.5 Å². The SMILES string of the molecule is COC(=O)C(Br)CN(C)C(C)c1ccc(Cl)cc1. The van der Waals surface area contributed by atoms with Gasteiger partial charge in [-0.2, -0.15) is 0 Å². The van der Waals surface area contributed by atoms with E-state index in [1.807, 2.05) is 31.3 Å². The Hall–Kier alpha value is -0.580. The van der Waals surface area contributed by atoms with E-state index in [-0.39, 0.29) is 16.8 Å². The number of benzene rings is 1. The number of halogens is 2. The van der Waals surface area contributed by atoms with Crippen LogP contribution in [0.25, 0.3) is 0 Å². The minimum absolute atomic E-state index is 0.201. The van der Waals surface area contributed by atoms with Gasteiger partial charge in [0.25, 0.3) is 0 Å². The van der Waals surface area contributed by atoms with Crippen LogP contribution in [0.15, 0.2) is 24.3 Å². The maximum absolute atomic E-state index is 11.3. The number of hydrogen-bond acceptors (Lipinski definition) is 3. The fourth-order valence-electron chi connectivity index (χ4n) is 1.61. The quantitative estimate of drug-likeness (QED) is 0.611. The van der Waals surface area contributed by atoms with Gasteiger partial charge in [0.1, 0.15) is 4.83 Å². The first-order valence-electron chi connectivity index (χ1n) is 5.63. The van der Waals surface area contributed by atoms with E-state index < -0.39 is 0 Å². The third kappa shape index (κ3) is 4.26. The zero-order valence-electron chi connectivity index (χ0n) is 10.7. The lowest BCUT2D eigenvalue weighted by Gasteiger charge is -2.26. The average molecular weight is 335 g/mol. The molecule has 2 atom stereocenters. The van der Waals surface area contributed by atoms with Gasteiger partial charge >= 0.3 is 5.97 Å². The van der Waals surface area contributed by atoms with E-state index in [0.717, 1.165) is 10.6 Å². The molecule has 0 heterocycles. The highest BCUT2D eigenvalue weighted by atomic mass is 79.9. The van der Waals surface area contributed by atoms with Crippen molar-refractivity contribution in [1.82, 2.24) is 4.90 Å². The number of carbonyl (C=O) groups excluding carboxylic acids is 1. The van der Waals surface area contributed by atoms with E-state index in [9.17, 15) is 4.79 Å². The van der Waals surface area contributed by atoms with Crippen LogP contribution in [0.3, 0.4) is 0 Å². The molecule has 0 saturated carbocycles. The minimum atomic E-state index is -0.317. The maximum atomic E-state index is 11.3. The predicted octanol–water partition coefficient (Wildman–Crippen LogP) is 3.27. The van der Waals surface area contributed by atoms with E-state index in [1.165, 1.54) is 7.11 Å². The highest BCUT2D eigenvalue weighted by molar-refractivity contribution is 9.10.